The third-order valence-electron chi connectivity index (χ3n) is 2.69. The van der Waals surface area contributed by atoms with Crippen molar-refractivity contribution in [3.8, 4) is 0 Å². The van der Waals surface area contributed by atoms with E-state index in [2.05, 4.69) is 35.7 Å². The lowest BCUT2D eigenvalue weighted by molar-refractivity contribution is 0.260. The smallest absolute Gasteiger partial charge is 0.105 e. The second-order valence-electron chi connectivity index (χ2n) is 3.86. The summed E-state index contributed by atoms with van der Waals surface area (Å²) >= 11 is 0. The minimum atomic E-state index is 0.618. The van der Waals surface area contributed by atoms with Gasteiger partial charge in [0.1, 0.15) is 6.61 Å². The zero-order valence-electron chi connectivity index (χ0n) is 10.3. The number of para-hydroxylation sites is 2. The van der Waals surface area contributed by atoms with Crippen LogP contribution in [0.4, 0.5) is 11.4 Å². The van der Waals surface area contributed by atoms with Crippen molar-refractivity contribution in [2.24, 2.45) is 0 Å². The van der Waals surface area contributed by atoms with E-state index in [0.29, 0.717) is 6.61 Å². The van der Waals surface area contributed by atoms with E-state index in [4.69, 9.17) is 4.74 Å². The summed E-state index contributed by atoms with van der Waals surface area (Å²) in [6, 6.07) is 20.6. The molecule has 0 aliphatic rings. The van der Waals surface area contributed by atoms with E-state index in [-0.39, 0.29) is 0 Å². The zero-order valence-corrected chi connectivity index (χ0v) is 10.3. The topological polar surface area (TPSA) is 12.5 Å². The van der Waals surface area contributed by atoms with Gasteiger partial charge < -0.3 is 9.64 Å². The summed E-state index contributed by atoms with van der Waals surface area (Å²) in [7, 11) is 0. The number of rotatable bonds is 6. The fourth-order valence-electron chi connectivity index (χ4n) is 1.85. The van der Waals surface area contributed by atoms with Crippen molar-refractivity contribution >= 4 is 11.4 Å². The monoisotopic (exact) mass is 239 g/mol. The maximum absolute atomic E-state index is 5.23. The van der Waals surface area contributed by atoms with Gasteiger partial charge in [-0.1, -0.05) is 43.0 Å². The molecule has 0 amide bonds. The van der Waals surface area contributed by atoms with Gasteiger partial charge in [0, 0.05) is 11.4 Å². The standard InChI is InChI=1S/C16H17NO/c1-2-18-14-13-17(15-9-5-3-6-10-15)16-11-7-4-8-12-16/h2-12H,1,13-14H2. The summed E-state index contributed by atoms with van der Waals surface area (Å²) < 4.78 is 5.23. The SMILES string of the molecule is C=COCCN(c1ccccc1)c1ccccc1. The molecule has 0 heterocycles. The first kappa shape index (κ1) is 12.2. The Kier molecular flexibility index (Phi) is 4.42. The Bertz CT molecular complexity index is 427. The van der Waals surface area contributed by atoms with E-state index in [1.54, 1.807) is 0 Å². The molecule has 0 saturated heterocycles. The second-order valence-corrected chi connectivity index (χ2v) is 3.86. The van der Waals surface area contributed by atoms with Crippen LogP contribution in [0.2, 0.25) is 0 Å². The van der Waals surface area contributed by atoms with E-state index in [1.165, 1.54) is 6.26 Å². The van der Waals surface area contributed by atoms with Gasteiger partial charge in [0.25, 0.3) is 0 Å². The average molecular weight is 239 g/mol. The Labute approximate surface area is 108 Å². The van der Waals surface area contributed by atoms with Crippen molar-refractivity contribution in [1.82, 2.24) is 0 Å². The lowest BCUT2D eigenvalue weighted by Crippen LogP contribution is -2.21. The molecular weight excluding hydrogens is 222 g/mol. The van der Waals surface area contributed by atoms with Crippen LogP contribution in [0.3, 0.4) is 0 Å². The summed E-state index contributed by atoms with van der Waals surface area (Å²) in [5.41, 5.74) is 2.33. The van der Waals surface area contributed by atoms with Gasteiger partial charge in [-0.2, -0.15) is 0 Å². The number of hydrogen-bond acceptors (Lipinski definition) is 2. The van der Waals surface area contributed by atoms with Gasteiger partial charge >= 0.3 is 0 Å². The first-order valence-electron chi connectivity index (χ1n) is 6.02. The van der Waals surface area contributed by atoms with E-state index in [0.717, 1.165) is 17.9 Å². The third-order valence-corrected chi connectivity index (χ3v) is 2.69. The maximum Gasteiger partial charge on any atom is 0.105 e. The Morgan fingerprint density at radius 3 is 1.83 bits per heavy atom. The predicted molar refractivity (Wildman–Crippen MR) is 76.0 cm³/mol. The highest BCUT2D eigenvalue weighted by molar-refractivity contribution is 5.62. The van der Waals surface area contributed by atoms with Gasteiger partial charge in [0.2, 0.25) is 0 Å². The first-order chi connectivity index (χ1) is 8.92. The van der Waals surface area contributed by atoms with E-state index < -0.39 is 0 Å². The van der Waals surface area contributed by atoms with Crippen molar-refractivity contribution in [2.45, 2.75) is 0 Å². The van der Waals surface area contributed by atoms with E-state index in [1.807, 2.05) is 36.4 Å². The first-order valence-corrected chi connectivity index (χ1v) is 6.02. The molecule has 18 heavy (non-hydrogen) atoms. The minimum Gasteiger partial charge on any atom is -0.500 e. The van der Waals surface area contributed by atoms with Crippen LogP contribution in [0.5, 0.6) is 0 Å². The third kappa shape index (κ3) is 3.14. The highest BCUT2D eigenvalue weighted by Crippen LogP contribution is 2.24. The van der Waals surface area contributed by atoms with Crippen LogP contribution in [0.25, 0.3) is 0 Å². The molecule has 0 aliphatic heterocycles. The molecule has 2 heteroatoms. The fraction of sp³-hybridized carbons (Fsp3) is 0.125. The van der Waals surface area contributed by atoms with Crippen molar-refractivity contribution in [3.05, 3.63) is 73.5 Å². The fourth-order valence-corrected chi connectivity index (χ4v) is 1.85. The van der Waals surface area contributed by atoms with Crippen LogP contribution in [0.1, 0.15) is 0 Å². The second kappa shape index (κ2) is 6.50. The molecule has 0 radical (unpaired) electrons. The molecule has 0 N–H and O–H groups in total. The Balaban J connectivity index is 2.21. The van der Waals surface area contributed by atoms with E-state index in [9.17, 15) is 0 Å². The van der Waals surface area contributed by atoms with Crippen molar-refractivity contribution in [1.29, 1.82) is 0 Å². The zero-order chi connectivity index (χ0) is 12.6. The highest BCUT2D eigenvalue weighted by atomic mass is 16.5. The Morgan fingerprint density at radius 2 is 1.39 bits per heavy atom. The highest BCUT2D eigenvalue weighted by Gasteiger charge is 2.07. The maximum atomic E-state index is 5.23. The van der Waals surface area contributed by atoms with Gasteiger partial charge in [0.05, 0.1) is 12.8 Å². The molecule has 92 valence electrons. The Morgan fingerprint density at radius 1 is 0.889 bits per heavy atom. The van der Waals surface area contributed by atoms with Gasteiger partial charge in [-0.15, -0.1) is 0 Å². The van der Waals surface area contributed by atoms with Crippen LogP contribution in [-0.4, -0.2) is 13.2 Å². The minimum absolute atomic E-state index is 0.618. The normalized spacial score (nSPS) is 9.78. The van der Waals surface area contributed by atoms with Crippen molar-refractivity contribution in [2.75, 3.05) is 18.1 Å². The molecule has 2 aromatic carbocycles. The summed E-state index contributed by atoms with van der Waals surface area (Å²) in [6.45, 7) is 4.97. The molecule has 0 spiro atoms. The molecule has 0 fully saturated rings. The molecule has 0 bridgehead atoms. The van der Waals surface area contributed by atoms with Gasteiger partial charge in [-0.3, -0.25) is 0 Å². The number of benzene rings is 2. The summed E-state index contributed by atoms with van der Waals surface area (Å²) in [5.74, 6) is 0. The van der Waals surface area contributed by atoms with Crippen LogP contribution in [0.15, 0.2) is 73.5 Å². The van der Waals surface area contributed by atoms with Gasteiger partial charge in [0.15, 0.2) is 0 Å². The lowest BCUT2D eigenvalue weighted by Gasteiger charge is -2.24. The average Bonchev–Trinajstić information content (AvgIpc) is 2.46. The number of hydrogen-bond donors (Lipinski definition) is 0. The van der Waals surface area contributed by atoms with Crippen LogP contribution < -0.4 is 4.90 Å². The molecule has 2 rings (SSSR count). The van der Waals surface area contributed by atoms with Gasteiger partial charge in [-0.25, -0.2) is 0 Å². The number of nitrogens with zero attached hydrogens (tertiary/aromatic N) is 1. The largest absolute Gasteiger partial charge is 0.500 e. The summed E-state index contributed by atoms with van der Waals surface area (Å²) in [5, 5.41) is 0. The molecule has 0 atom stereocenters. The molecule has 0 aromatic heterocycles. The Hall–Kier alpha value is -2.22. The van der Waals surface area contributed by atoms with Crippen molar-refractivity contribution in [3.63, 3.8) is 0 Å². The van der Waals surface area contributed by atoms with Crippen LogP contribution >= 0.6 is 0 Å². The molecule has 0 unspecified atom stereocenters. The molecule has 0 aliphatic carbocycles. The lowest BCUT2D eigenvalue weighted by atomic mass is 10.2. The summed E-state index contributed by atoms with van der Waals surface area (Å²) in [4.78, 5) is 2.23. The molecule has 2 aromatic rings. The molecular formula is C16H17NO. The van der Waals surface area contributed by atoms with Crippen molar-refractivity contribution < 1.29 is 4.74 Å². The van der Waals surface area contributed by atoms with Crippen LogP contribution in [0, 0.1) is 0 Å². The molecule has 0 saturated carbocycles. The van der Waals surface area contributed by atoms with E-state index >= 15 is 0 Å². The van der Waals surface area contributed by atoms with Gasteiger partial charge in [-0.05, 0) is 24.3 Å². The predicted octanol–water partition coefficient (Wildman–Crippen LogP) is 3.98. The number of ether oxygens (including phenoxy) is 1. The summed E-state index contributed by atoms with van der Waals surface area (Å²) in [6.07, 6.45) is 1.48. The number of anilines is 2. The quantitative estimate of drug-likeness (QED) is 0.558. The molecule has 2 nitrogen and oxygen atoms in total. The van der Waals surface area contributed by atoms with Crippen LogP contribution in [-0.2, 0) is 4.74 Å².